The number of ether oxygens (including phenoxy) is 2. The van der Waals surface area contributed by atoms with Crippen LogP contribution in [0.3, 0.4) is 0 Å². The van der Waals surface area contributed by atoms with E-state index < -0.39 is 10.0 Å². The Morgan fingerprint density at radius 3 is 2.84 bits per heavy atom. The molecule has 2 aliphatic rings. The van der Waals surface area contributed by atoms with Crippen LogP contribution in [-0.2, 0) is 26.1 Å². The van der Waals surface area contributed by atoms with Gasteiger partial charge in [0, 0.05) is 25.3 Å². The Bertz CT molecular complexity index is 1320. The number of hydrogen-bond donors (Lipinski definition) is 1. The number of thiophene rings is 1. The molecule has 2 aromatic heterocycles. The first-order valence-electron chi connectivity index (χ1n) is 12.1. The molecule has 1 amide bonds. The average molecular weight is 548 g/mol. The predicted octanol–water partition coefficient (Wildman–Crippen LogP) is 2.68. The molecule has 1 unspecified atom stereocenters. The number of anilines is 1. The summed E-state index contributed by atoms with van der Waals surface area (Å²) in [6, 6.07) is 8.56. The molecule has 0 radical (unpaired) electrons. The molecule has 4 heterocycles. The van der Waals surface area contributed by atoms with Gasteiger partial charge in [0.15, 0.2) is 0 Å². The van der Waals surface area contributed by atoms with E-state index in [2.05, 4.69) is 20.4 Å². The Balaban J connectivity index is 1.24. The zero-order valence-electron chi connectivity index (χ0n) is 20.5. The minimum atomic E-state index is -3.80. The lowest BCUT2D eigenvalue weighted by Crippen LogP contribution is -2.41. The van der Waals surface area contributed by atoms with Gasteiger partial charge in [-0.15, -0.1) is 11.3 Å². The molecular weight excluding hydrogens is 518 g/mol. The van der Waals surface area contributed by atoms with E-state index in [0.717, 1.165) is 24.3 Å². The summed E-state index contributed by atoms with van der Waals surface area (Å²) in [5, 5.41) is 8.93. The fourth-order valence-electron chi connectivity index (χ4n) is 4.56. The van der Waals surface area contributed by atoms with Crippen LogP contribution in [0.4, 0.5) is 5.69 Å². The Hall–Kier alpha value is -2.84. The van der Waals surface area contributed by atoms with Gasteiger partial charge in [-0.1, -0.05) is 11.2 Å². The van der Waals surface area contributed by atoms with Crippen LogP contribution in [0, 0.1) is 5.92 Å². The Morgan fingerprint density at radius 1 is 1.24 bits per heavy atom. The molecule has 0 bridgehead atoms. The summed E-state index contributed by atoms with van der Waals surface area (Å²) in [6.07, 6.45) is 1.59. The van der Waals surface area contributed by atoms with Crippen molar-refractivity contribution in [1.82, 2.24) is 19.3 Å². The van der Waals surface area contributed by atoms with Crippen molar-refractivity contribution in [1.29, 1.82) is 0 Å². The number of nitrogens with zero attached hydrogens (tertiary/aromatic N) is 4. The number of hydrogen-bond acceptors (Lipinski definition) is 10. The lowest BCUT2D eigenvalue weighted by molar-refractivity contribution is -0.121. The minimum absolute atomic E-state index is 0.0258. The van der Waals surface area contributed by atoms with Crippen molar-refractivity contribution < 1.29 is 27.2 Å². The van der Waals surface area contributed by atoms with E-state index >= 15 is 0 Å². The maximum absolute atomic E-state index is 13.3. The molecule has 2 fully saturated rings. The van der Waals surface area contributed by atoms with E-state index in [9.17, 15) is 13.2 Å². The quantitative estimate of drug-likeness (QED) is 0.453. The highest BCUT2D eigenvalue weighted by Crippen LogP contribution is 2.31. The zero-order valence-corrected chi connectivity index (χ0v) is 22.1. The molecule has 5 rings (SSSR count). The van der Waals surface area contributed by atoms with Gasteiger partial charge in [0.25, 0.3) is 0 Å². The molecule has 37 heavy (non-hydrogen) atoms. The molecule has 1 N–H and O–H groups in total. The van der Waals surface area contributed by atoms with E-state index in [0.29, 0.717) is 43.7 Å². The summed E-state index contributed by atoms with van der Waals surface area (Å²) in [7, 11) is -2.37. The van der Waals surface area contributed by atoms with Crippen LogP contribution in [0.5, 0.6) is 5.75 Å². The van der Waals surface area contributed by atoms with Gasteiger partial charge in [-0.25, -0.2) is 8.42 Å². The molecule has 0 saturated carbocycles. The van der Waals surface area contributed by atoms with Crippen LogP contribution in [0.2, 0.25) is 0 Å². The van der Waals surface area contributed by atoms with Gasteiger partial charge in [-0.3, -0.25) is 9.69 Å². The second-order valence-electron chi connectivity index (χ2n) is 8.93. The molecule has 3 aromatic rings. The predicted molar refractivity (Wildman–Crippen MR) is 137 cm³/mol. The summed E-state index contributed by atoms with van der Waals surface area (Å²) in [6.45, 7) is 3.06. The number of carbonyl (C=O) groups excluding carboxylic acids is 1. The highest BCUT2D eigenvalue weighted by Gasteiger charge is 2.31. The van der Waals surface area contributed by atoms with Crippen LogP contribution >= 0.6 is 11.3 Å². The van der Waals surface area contributed by atoms with Crippen LogP contribution in [-0.4, -0.2) is 80.2 Å². The summed E-state index contributed by atoms with van der Waals surface area (Å²) < 4.78 is 43.9. The van der Waals surface area contributed by atoms with Crippen LogP contribution in [0.15, 0.2) is 45.1 Å². The van der Waals surface area contributed by atoms with Gasteiger partial charge in [0.1, 0.15) is 10.6 Å². The molecule has 0 spiro atoms. The lowest BCUT2D eigenvalue weighted by atomic mass is 9.97. The number of carbonyl (C=O) groups is 1. The number of likely N-dealkylation sites (tertiary alicyclic amines) is 1. The first-order chi connectivity index (χ1) is 17.9. The van der Waals surface area contributed by atoms with Gasteiger partial charge in [0.2, 0.25) is 27.6 Å². The smallest absolute Gasteiger partial charge is 0.246 e. The van der Waals surface area contributed by atoms with Gasteiger partial charge in [-0.05, 0) is 49.0 Å². The molecule has 13 heteroatoms. The monoisotopic (exact) mass is 547 g/mol. The second-order valence-corrected chi connectivity index (χ2v) is 11.8. The SMILES string of the molecule is COc1ccc(NC(=O)C2CCCN(Cc3nc(-c4cccs4)no3)C2)cc1S(=O)(=O)N1CCOCC1. The third-order valence-electron chi connectivity index (χ3n) is 6.46. The van der Waals surface area contributed by atoms with Crippen molar-refractivity contribution in [2.75, 3.05) is 51.8 Å². The van der Waals surface area contributed by atoms with Gasteiger partial charge < -0.3 is 19.3 Å². The standard InChI is InChI=1S/C24H29N5O6S2/c1-33-19-7-6-18(14-21(19)37(31,32)29-9-11-34-12-10-29)25-24(30)17-4-2-8-28(15-17)16-22-26-23(27-35-22)20-5-3-13-36-20/h3,5-7,13-14,17H,2,4,8-12,15-16H2,1H3,(H,25,30). The fourth-order valence-corrected chi connectivity index (χ4v) is 6.79. The number of morpholine rings is 1. The number of methoxy groups -OCH3 is 1. The van der Waals surface area contributed by atoms with Crippen molar-refractivity contribution in [2.45, 2.75) is 24.3 Å². The molecule has 0 aliphatic carbocycles. The number of amides is 1. The second kappa shape index (κ2) is 11.3. The van der Waals surface area contributed by atoms with E-state index in [1.807, 2.05) is 17.5 Å². The molecule has 1 aromatic carbocycles. The number of piperidine rings is 1. The molecule has 2 saturated heterocycles. The van der Waals surface area contributed by atoms with E-state index in [4.69, 9.17) is 14.0 Å². The number of nitrogens with one attached hydrogen (secondary N) is 1. The molecule has 2 aliphatic heterocycles. The molecule has 1 atom stereocenters. The fraction of sp³-hybridized carbons (Fsp3) is 0.458. The topological polar surface area (TPSA) is 127 Å². The maximum atomic E-state index is 13.3. The number of rotatable bonds is 8. The number of benzene rings is 1. The first kappa shape index (κ1) is 25.8. The van der Waals surface area contributed by atoms with E-state index in [-0.39, 0.29) is 35.6 Å². The minimum Gasteiger partial charge on any atom is -0.495 e. The molecule has 198 valence electrons. The Kier molecular flexibility index (Phi) is 7.86. The van der Waals surface area contributed by atoms with Crippen molar-refractivity contribution in [3.8, 4) is 16.5 Å². The van der Waals surface area contributed by atoms with Crippen LogP contribution in [0.25, 0.3) is 10.7 Å². The largest absolute Gasteiger partial charge is 0.495 e. The van der Waals surface area contributed by atoms with Crippen molar-refractivity contribution in [3.05, 3.63) is 41.6 Å². The summed E-state index contributed by atoms with van der Waals surface area (Å²) in [4.78, 5) is 20.7. The highest BCUT2D eigenvalue weighted by molar-refractivity contribution is 7.89. The van der Waals surface area contributed by atoms with E-state index in [1.165, 1.54) is 17.5 Å². The zero-order chi connectivity index (χ0) is 25.8. The number of aromatic nitrogens is 2. The third kappa shape index (κ3) is 5.85. The summed E-state index contributed by atoms with van der Waals surface area (Å²) >= 11 is 1.55. The van der Waals surface area contributed by atoms with Crippen molar-refractivity contribution in [2.24, 2.45) is 5.92 Å². The Labute approximate surface area is 219 Å². The maximum Gasteiger partial charge on any atom is 0.246 e. The normalized spacial score (nSPS) is 19.5. The molecule has 11 nitrogen and oxygen atoms in total. The van der Waals surface area contributed by atoms with E-state index in [1.54, 1.807) is 23.5 Å². The summed E-state index contributed by atoms with van der Waals surface area (Å²) in [5.41, 5.74) is 0.409. The van der Waals surface area contributed by atoms with Gasteiger partial charge >= 0.3 is 0 Å². The van der Waals surface area contributed by atoms with Crippen molar-refractivity contribution in [3.63, 3.8) is 0 Å². The molecular formula is C24H29N5O6S2. The summed E-state index contributed by atoms with van der Waals surface area (Å²) in [5.74, 6) is 0.898. The van der Waals surface area contributed by atoms with Crippen LogP contribution < -0.4 is 10.1 Å². The van der Waals surface area contributed by atoms with Crippen molar-refractivity contribution >= 4 is 33.0 Å². The highest BCUT2D eigenvalue weighted by atomic mass is 32.2. The average Bonchev–Trinajstić information content (AvgIpc) is 3.62. The third-order valence-corrected chi connectivity index (χ3v) is 9.25. The first-order valence-corrected chi connectivity index (χ1v) is 14.4. The van der Waals surface area contributed by atoms with Gasteiger partial charge in [-0.2, -0.15) is 9.29 Å². The van der Waals surface area contributed by atoms with Gasteiger partial charge in [0.05, 0.1) is 37.7 Å². The Morgan fingerprint density at radius 2 is 2.08 bits per heavy atom. The van der Waals surface area contributed by atoms with Crippen LogP contribution in [0.1, 0.15) is 18.7 Å². The lowest BCUT2D eigenvalue weighted by Gasteiger charge is -2.31. The number of sulfonamides is 1.